The van der Waals surface area contributed by atoms with E-state index >= 15 is 0 Å². The summed E-state index contributed by atoms with van der Waals surface area (Å²) in [5.74, 6) is 0.169. The summed E-state index contributed by atoms with van der Waals surface area (Å²) in [6, 6.07) is 5.79. The Bertz CT molecular complexity index is 507. The lowest BCUT2D eigenvalue weighted by molar-refractivity contribution is 0.0472. The molecule has 1 heterocycles. The summed E-state index contributed by atoms with van der Waals surface area (Å²) in [6.07, 6.45) is 9.28. The summed E-state index contributed by atoms with van der Waals surface area (Å²) in [5, 5.41) is 0. The number of rotatable bonds is 1. The Morgan fingerprint density at radius 1 is 0.905 bits per heavy atom. The normalized spacial score (nSPS) is 21.5. The maximum absolute atomic E-state index is 12.7. The van der Waals surface area contributed by atoms with Crippen LogP contribution in [0.4, 0.5) is 0 Å². The molecule has 0 radical (unpaired) electrons. The summed E-state index contributed by atoms with van der Waals surface area (Å²) < 4.78 is 1.89. The number of likely N-dealkylation sites (tertiary alicyclic amines) is 1. The number of amides is 1. The van der Waals surface area contributed by atoms with Crippen molar-refractivity contribution in [2.75, 3.05) is 13.1 Å². The Morgan fingerprint density at radius 2 is 1.48 bits per heavy atom. The zero-order valence-corrected chi connectivity index (χ0v) is 15.4. The molecule has 1 saturated heterocycles. The molecule has 2 fully saturated rings. The van der Waals surface area contributed by atoms with Gasteiger partial charge in [-0.15, -0.1) is 0 Å². The lowest BCUT2D eigenvalue weighted by atomic mass is 9.68. The van der Waals surface area contributed by atoms with Crippen LogP contribution in [0.2, 0.25) is 0 Å². The molecule has 0 bridgehead atoms. The number of piperidine rings is 1. The summed E-state index contributed by atoms with van der Waals surface area (Å²) in [7, 11) is 0. The summed E-state index contributed by atoms with van der Waals surface area (Å²) >= 11 is 6.92. The van der Waals surface area contributed by atoms with Crippen molar-refractivity contribution >= 4 is 37.8 Å². The highest BCUT2D eigenvalue weighted by Crippen LogP contribution is 2.44. The van der Waals surface area contributed by atoms with Crippen molar-refractivity contribution in [1.29, 1.82) is 0 Å². The number of carbonyl (C=O) groups is 1. The number of benzene rings is 1. The number of hydrogen-bond donors (Lipinski definition) is 0. The van der Waals surface area contributed by atoms with Gasteiger partial charge in [-0.25, -0.2) is 0 Å². The molecule has 21 heavy (non-hydrogen) atoms. The molecule has 0 aromatic heterocycles. The standard InChI is InChI=1S/C17H21Br2NO/c18-14-10-13(11-15(19)12-14)16(21)20-8-6-17(7-9-20)4-2-1-3-5-17/h10-12H,1-9H2. The number of carbonyl (C=O) groups excluding carboxylic acids is 1. The number of hydrogen-bond acceptors (Lipinski definition) is 1. The molecule has 1 aliphatic carbocycles. The van der Waals surface area contributed by atoms with E-state index in [-0.39, 0.29) is 5.91 Å². The van der Waals surface area contributed by atoms with Crippen molar-refractivity contribution in [2.24, 2.45) is 5.41 Å². The van der Waals surface area contributed by atoms with Gasteiger partial charge in [0.05, 0.1) is 0 Å². The fourth-order valence-electron chi connectivity index (χ4n) is 3.85. The average Bonchev–Trinajstić information content (AvgIpc) is 2.47. The topological polar surface area (TPSA) is 20.3 Å². The number of halogens is 2. The van der Waals surface area contributed by atoms with Crippen LogP contribution in [0.25, 0.3) is 0 Å². The monoisotopic (exact) mass is 413 g/mol. The molecule has 2 nitrogen and oxygen atoms in total. The van der Waals surface area contributed by atoms with Crippen molar-refractivity contribution in [2.45, 2.75) is 44.9 Å². The molecule has 1 spiro atoms. The SMILES string of the molecule is O=C(c1cc(Br)cc(Br)c1)N1CCC2(CCCCC2)CC1. The van der Waals surface area contributed by atoms with Crippen LogP contribution in [-0.4, -0.2) is 23.9 Å². The van der Waals surface area contributed by atoms with Gasteiger partial charge in [0.1, 0.15) is 0 Å². The van der Waals surface area contributed by atoms with Crippen LogP contribution >= 0.6 is 31.9 Å². The minimum Gasteiger partial charge on any atom is -0.339 e. The van der Waals surface area contributed by atoms with Gasteiger partial charge in [-0.3, -0.25) is 4.79 Å². The molecular formula is C17H21Br2NO. The molecule has 1 amide bonds. The van der Waals surface area contributed by atoms with E-state index in [1.54, 1.807) is 0 Å². The first kappa shape index (κ1) is 15.5. The molecule has 3 rings (SSSR count). The predicted molar refractivity (Wildman–Crippen MR) is 92.5 cm³/mol. The third kappa shape index (κ3) is 3.53. The molecule has 0 atom stereocenters. The molecule has 1 aromatic carbocycles. The van der Waals surface area contributed by atoms with E-state index in [0.717, 1.165) is 27.6 Å². The summed E-state index contributed by atoms with van der Waals surface area (Å²) in [6.45, 7) is 1.84. The van der Waals surface area contributed by atoms with E-state index in [1.807, 2.05) is 23.1 Å². The van der Waals surface area contributed by atoms with Gasteiger partial charge in [-0.1, -0.05) is 51.1 Å². The van der Waals surface area contributed by atoms with Crippen LogP contribution in [0.1, 0.15) is 55.3 Å². The zero-order chi connectivity index (χ0) is 14.9. The van der Waals surface area contributed by atoms with Crippen LogP contribution in [0, 0.1) is 5.41 Å². The molecule has 1 saturated carbocycles. The van der Waals surface area contributed by atoms with E-state index in [9.17, 15) is 4.79 Å². The van der Waals surface area contributed by atoms with E-state index in [0.29, 0.717) is 5.41 Å². The fourth-order valence-corrected chi connectivity index (χ4v) is 5.14. The van der Waals surface area contributed by atoms with Gasteiger partial charge in [-0.05, 0) is 49.3 Å². The summed E-state index contributed by atoms with van der Waals surface area (Å²) in [4.78, 5) is 14.7. The number of nitrogens with zero attached hydrogens (tertiary/aromatic N) is 1. The van der Waals surface area contributed by atoms with Crippen molar-refractivity contribution in [3.05, 3.63) is 32.7 Å². The van der Waals surface area contributed by atoms with Gasteiger partial charge in [0, 0.05) is 27.6 Å². The van der Waals surface area contributed by atoms with E-state index in [4.69, 9.17) is 0 Å². The van der Waals surface area contributed by atoms with Crippen molar-refractivity contribution < 1.29 is 4.79 Å². The van der Waals surface area contributed by atoms with Crippen molar-refractivity contribution in [3.8, 4) is 0 Å². The molecule has 1 aliphatic heterocycles. The second-order valence-electron chi connectivity index (χ2n) is 6.51. The maximum atomic E-state index is 12.7. The fraction of sp³-hybridized carbons (Fsp3) is 0.588. The van der Waals surface area contributed by atoms with Gasteiger partial charge in [0.15, 0.2) is 0 Å². The molecule has 0 N–H and O–H groups in total. The highest BCUT2D eigenvalue weighted by Gasteiger charge is 2.36. The minimum absolute atomic E-state index is 0.169. The van der Waals surface area contributed by atoms with Crippen LogP contribution in [0.15, 0.2) is 27.1 Å². The first-order valence-corrected chi connectivity index (χ1v) is 9.42. The second-order valence-corrected chi connectivity index (χ2v) is 8.34. The minimum atomic E-state index is 0.169. The van der Waals surface area contributed by atoms with Gasteiger partial charge in [0.2, 0.25) is 0 Å². The quantitative estimate of drug-likeness (QED) is 0.602. The molecule has 2 aliphatic rings. The second kappa shape index (κ2) is 6.41. The first-order chi connectivity index (χ1) is 10.1. The first-order valence-electron chi connectivity index (χ1n) is 7.83. The lowest BCUT2D eigenvalue weighted by Crippen LogP contribution is -2.43. The smallest absolute Gasteiger partial charge is 0.253 e. The Labute approximate surface area is 143 Å². The molecule has 1 aromatic rings. The Morgan fingerprint density at radius 3 is 2.05 bits per heavy atom. The highest BCUT2D eigenvalue weighted by atomic mass is 79.9. The van der Waals surface area contributed by atoms with Crippen molar-refractivity contribution in [3.63, 3.8) is 0 Å². The Hall–Kier alpha value is -0.350. The van der Waals surface area contributed by atoms with E-state index < -0.39 is 0 Å². The maximum Gasteiger partial charge on any atom is 0.253 e. The largest absolute Gasteiger partial charge is 0.339 e. The molecule has 114 valence electrons. The third-order valence-corrected chi connectivity index (χ3v) is 6.05. The lowest BCUT2D eigenvalue weighted by Gasteiger charge is -2.44. The molecule has 4 heteroatoms. The van der Waals surface area contributed by atoms with Crippen LogP contribution < -0.4 is 0 Å². The van der Waals surface area contributed by atoms with Gasteiger partial charge in [-0.2, -0.15) is 0 Å². The van der Waals surface area contributed by atoms with Crippen LogP contribution in [-0.2, 0) is 0 Å². The zero-order valence-electron chi connectivity index (χ0n) is 12.2. The third-order valence-electron chi connectivity index (χ3n) is 5.14. The van der Waals surface area contributed by atoms with E-state index in [1.165, 1.54) is 44.9 Å². The van der Waals surface area contributed by atoms with Gasteiger partial charge >= 0.3 is 0 Å². The van der Waals surface area contributed by atoms with Gasteiger partial charge in [0.25, 0.3) is 5.91 Å². The molecule has 0 unspecified atom stereocenters. The van der Waals surface area contributed by atoms with Crippen LogP contribution in [0.5, 0.6) is 0 Å². The van der Waals surface area contributed by atoms with Crippen LogP contribution in [0.3, 0.4) is 0 Å². The predicted octanol–water partition coefficient (Wildman–Crippen LogP) is 5.40. The highest BCUT2D eigenvalue weighted by molar-refractivity contribution is 9.11. The average molecular weight is 415 g/mol. The summed E-state index contributed by atoms with van der Waals surface area (Å²) in [5.41, 5.74) is 1.32. The Kier molecular flexibility index (Phi) is 4.75. The van der Waals surface area contributed by atoms with Crippen molar-refractivity contribution in [1.82, 2.24) is 4.90 Å². The van der Waals surface area contributed by atoms with Gasteiger partial charge < -0.3 is 4.90 Å². The van der Waals surface area contributed by atoms with E-state index in [2.05, 4.69) is 31.9 Å². The molecular weight excluding hydrogens is 394 g/mol. The Balaban J connectivity index is 1.67.